The van der Waals surface area contributed by atoms with Crippen molar-refractivity contribution in [1.82, 2.24) is 10.2 Å². The average Bonchev–Trinajstić information content (AvgIpc) is 2.76. The third kappa shape index (κ3) is 7.11. The van der Waals surface area contributed by atoms with Crippen LogP contribution in [0, 0.1) is 0 Å². The summed E-state index contributed by atoms with van der Waals surface area (Å²) < 4.78 is 5.64. The van der Waals surface area contributed by atoms with E-state index in [0.717, 1.165) is 68.6 Å². The molecule has 2 aromatic rings. The molecular formula is C23H31ClN4O2. The van der Waals surface area contributed by atoms with Gasteiger partial charge in [-0.15, -0.1) is 0 Å². The van der Waals surface area contributed by atoms with E-state index in [-0.39, 0.29) is 6.03 Å². The summed E-state index contributed by atoms with van der Waals surface area (Å²) in [6, 6.07) is 15.3. The Balaban J connectivity index is 1.31. The normalized spacial score (nSPS) is 14.4. The molecule has 2 aromatic carbocycles. The molecular weight excluding hydrogens is 400 g/mol. The lowest BCUT2D eigenvalue weighted by Gasteiger charge is -2.36. The summed E-state index contributed by atoms with van der Waals surface area (Å²) in [6.45, 7) is 8.21. The van der Waals surface area contributed by atoms with Crippen molar-refractivity contribution in [3.8, 4) is 5.75 Å². The maximum Gasteiger partial charge on any atom is 0.319 e. The van der Waals surface area contributed by atoms with Crippen molar-refractivity contribution in [1.29, 1.82) is 0 Å². The molecule has 0 radical (unpaired) electrons. The Hall–Kier alpha value is -2.44. The minimum Gasteiger partial charge on any atom is -0.494 e. The fourth-order valence-corrected chi connectivity index (χ4v) is 3.48. The van der Waals surface area contributed by atoms with Crippen LogP contribution in [0.15, 0.2) is 48.5 Å². The Bertz CT molecular complexity index is 775. The first kappa shape index (κ1) is 22.2. The van der Waals surface area contributed by atoms with E-state index in [1.165, 1.54) is 5.69 Å². The van der Waals surface area contributed by atoms with E-state index in [4.69, 9.17) is 16.3 Å². The summed E-state index contributed by atoms with van der Waals surface area (Å²) in [4.78, 5) is 16.9. The number of nitrogens with one attached hydrogen (secondary N) is 2. The van der Waals surface area contributed by atoms with Gasteiger partial charge in [-0.05, 0) is 55.0 Å². The van der Waals surface area contributed by atoms with E-state index in [9.17, 15) is 4.79 Å². The number of hydrogen-bond acceptors (Lipinski definition) is 4. The number of hydrogen-bond donors (Lipinski definition) is 2. The highest BCUT2D eigenvalue weighted by Crippen LogP contribution is 2.19. The van der Waals surface area contributed by atoms with Crippen LogP contribution in [0.1, 0.15) is 19.8 Å². The van der Waals surface area contributed by atoms with E-state index < -0.39 is 0 Å². The van der Waals surface area contributed by atoms with Gasteiger partial charge in [-0.3, -0.25) is 4.90 Å². The van der Waals surface area contributed by atoms with Gasteiger partial charge in [0.2, 0.25) is 0 Å². The molecule has 0 atom stereocenters. The van der Waals surface area contributed by atoms with Crippen molar-refractivity contribution in [3.63, 3.8) is 0 Å². The largest absolute Gasteiger partial charge is 0.494 e. The Morgan fingerprint density at radius 3 is 2.40 bits per heavy atom. The van der Waals surface area contributed by atoms with Crippen LogP contribution >= 0.6 is 11.6 Å². The van der Waals surface area contributed by atoms with Crippen molar-refractivity contribution < 1.29 is 9.53 Å². The van der Waals surface area contributed by atoms with E-state index in [0.29, 0.717) is 6.54 Å². The standard InChI is InChI=1S/C23H31ClN4O2/c1-2-3-18-30-22-10-6-20(7-11-22)26-23(29)25-12-13-27-14-16-28(17-15-27)21-8-4-19(24)5-9-21/h4-11H,2-3,12-18H2,1H3,(H2,25,26,29). The van der Waals surface area contributed by atoms with Gasteiger partial charge in [0.15, 0.2) is 0 Å². The molecule has 1 heterocycles. The van der Waals surface area contributed by atoms with Gasteiger partial charge in [0.25, 0.3) is 0 Å². The predicted molar refractivity (Wildman–Crippen MR) is 124 cm³/mol. The number of benzene rings is 2. The Labute approximate surface area is 184 Å². The third-order valence-electron chi connectivity index (χ3n) is 5.16. The molecule has 1 saturated heterocycles. The number of piperazine rings is 1. The van der Waals surface area contributed by atoms with Crippen LogP contribution in [0.2, 0.25) is 5.02 Å². The topological polar surface area (TPSA) is 56.8 Å². The first-order chi connectivity index (χ1) is 14.6. The number of nitrogens with zero attached hydrogens (tertiary/aromatic N) is 2. The van der Waals surface area contributed by atoms with Crippen molar-refractivity contribution in [3.05, 3.63) is 53.6 Å². The molecule has 30 heavy (non-hydrogen) atoms. The van der Waals surface area contributed by atoms with Crippen molar-refractivity contribution in [2.24, 2.45) is 0 Å². The molecule has 0 spiro atoms. The summed E-state index contributed by atoms with van der Waals surface area (Å²) in [5, 5.41) is 6.56. The highest BCUT2D eigenvalue weighted by Gasteiger charge is 2.17. The van der Waals surface area contributed by atoms with E-state index in [1.807, 2.05) is 36.4 Å². The summed E-state index contributed by atoms with van der Waals surface area (Å²) in [6.07, 6.45) is 2.15. The molecule has 0 aromatic heterocycles. The first-order valence-electron chi connectivity index (χ1n) is 10.6. The predicted octanol–water partition coefficient (Wildman–Crippen LogP) is 4.46. The molecule has 7 heteroatoms. The molecule has 2 N–H and O–H groups in total. The number of ether oxygens (including phenoxy) is 1. The van der Waals surface area contributed by atoms with Gasteiger partial charge in [-0.2, -0.15) is 0 Å². The van der Waals surface area contributed by atoms with Crippen LogP contribution < -0.4 is 20.3 Å². The molecule has 1 fully saturated rings. The molecule has 162 valence electrons. The quantitative estimate of drug-likeness (QED) is 0.576. The second-order valence-corrected chi connectivity index (χ2v) is 7.85. The molecule has 0 aliphatic carbocycles. The molecule has 6 nitrogen and oxygen atoms in total. The minimum atomic E-state index is -0.186. The molecule has 0 saturated carbocycles. The van der Waals surface area contributed by atoms with Gasteiger partial charge in [0, 0.05) is 55.7 Å². The lowest BCUT2D eigenvalue weighted by Crippen LogP contribution is -2.48. The lowest BCUT2D eigenvalue weighted by molar-refractivity contribution is 0.240. The van der Waals surface area contributed by atoms with Crippen LogP contribution in [0.3, 0.4) is 0 Å². The summed E-state index contributed by atoms with van der Waals surface area (Å²) in [5.41, 5.74) is 1.96. The summed E-state index contributed by atoms with van der Waals surface area (Å²) >= 11 is 5.97. The fraction of sp³-hybridized carbons (Fsp3) is 0.435. The first-order valence-corrected chi connectivity index (χ1v) is 11.0. The summed E-state index contributed by atoms with van der Waals surface area (Å²) in [7, 11) is 0. The maximum atomic E-state index is 12.1. The number of amides is 2. The van der Waals surface area contributed by atoms with Gasteiger partial charge in [0.1, 0.15) is 5.75 Å². The highest BCUT2D eigenvalue weighted by atomic mass is 35.5. The number of urea groups is 1. The van der Waals surface area contributed by atoms with Gasteiger partial charge < -0.3 is 20.3 Å². The van der Waals surface area contributed by atoms with Gasteiger partial charge in [0.05, 0.1) is 6.61 Å². The number of anilines is 2. The molecule has 1 aliphatic rings. The zero-order chi connectivity index (χ0) is 21.2. The number of carbonyl (C=O) groups excluding carboxylic acids is 1. The SMILES string of the molecule is CCCCOc1ccc(NC(=O)NCCN2CCN(c3ccc(Cl)cc3)CC2)cc1. The van der Waals surface area contributed by atoms with E-state index >= 15 is 0 Å². The lowest BCUT2D eigenvalue weighted by atomic mass is 10.2. The highest BCUT2D eigenvalue weighted by molar-refractivity contribution is 6.30. The fourth-order valence-electron chi connectivity index (χ4n) is 3.35. The molecule has 0 bridgehead atoms. The summed E-state index contributed by atoms with van der Waals surface area (Å²) in [5.74, 6) is 0.826. The monoisotopic (exact) mass is 430 g/mol. The van der Waals surface area contributed by atoms with Gasteiger partial charge >= 0.3 is 6.03 Å². The molecule has 2 amide bonds. The van der Waals surface area contributed by atoms with Crippen LogP contribution in [-0.2, 0) is 0 Å². The van der Waals surface area contributed by atoms with Crippen LogP contribution in [0.4, 0.5) is 16.2 Å². The second-order valence-electron chi connectivity index (χ2n) is 7.41. The van der Waals surface area contributed by atoms with Crippen LogP contribution in [0.5, 0.6) is 5.75 Å². The Kier molecular flexibility index (Phi) is 8.66. The van der Waals surface area contributed by atoms with E-state index in [2.05, 4.69) is 39.5 Å². The Morgan fingerprint density at radius 2 is 1.73 bits per heavy atom. The van der Waals surface area contributed by atoms with Crippen LogP contribution in [-0.4, -0.2) is 56.8 Å². The van der Waals surface area contributed by atoms with Crippen molar-refractivity contribution in [2.75, 3.05) is 56.1 Å². The number of unbranched alkanes of at least 4 members (excludes halogenated alkanes) is 1. The minimum absolute atomic E-state index is 0.186. The van der Waals surface area contributed by atoms with Gasteiger partial charge in [-0.1, -0.05) is 24.9 Å². The molecule has 1 aliphatic heterocycles. The number of halogens is 1. The van der Waals surface area contributed by atoms with E-state index in [1.54, 1.807) is 0 Å². The molecule has 3 rings (SSSR count). The Morgan fingerprint density at radius 1 is 1.03 bits per heavy atom. The average molecular weight is 431 g/mol. The van der Waals surface area contributed by atoms with Crippen LogP contribution in [0.25, 0.3) is 0 Å². The van der Waals surface area contributed by atoms with Gasteiger partial charge in [-0.25, -0.2) is 4.79 Å². The van der Waals surface area contributed by atoms with Crippen molar-refractivity contribution in [2.45, 2.75) is 19.8 Å². The third-order valence-corrected chi connectivity index (χ3v) is 5.41. The zero-order valence-corrected chi connectivity index (χ0v) is 18.3. The second kappa shape index (κ2) is 11.7. The molecule has 0 unspecified atom stereocenters. The van der Waals surface area contributed by atoms with Crippen molar-refractivity contribution >= 4 is 29.0 Å². The zero-order valence-electron chi connectivity index (χ0n) is 17.6. The number of carbonyl (C=O) groups is 1. The smallest absolute Gasteiger partial charge is 0.319 e. The number of rotatable bonds is 9. The maximum absolute atomic E-state index is 12.1.